The van der Waals surface area contributed by atoms with E-state index in [1.807, 2.05) is 59.2 Å². The first-order chi connectivity index (χ1) is 13.6. The number of carbonyl (C=O) groups is 2. The molecule has 0 saturated heterocycles. The highest BCUT2D eigenvalue weighted by atomic mass is 16.5. The number of imidazole rings is 1. The first-order valence-electron chi connectivity index (χ1n) is 9.10. The number of esters is 1. The number of fused-ring (bicyclic) bond motifs is 1. The minimum atomic E-state index is -0.429. The van der Waals surface area contributed by atoms with Gasteiger partial charge < -0.3 is 18.9 Å². The summed E-state index contributed by atoms with van der Waals surface area (Å²) in [6.07, 6.45) is 0. The van der Waals surface area contributed by atoms with E-state index in [9.17, 15) is 9.59 Å². The molecule has 0 fully saturated rings. The van der Waals surface area contributed by atoms with Gasteiger partial charge in [-0.05, 0) is 31.2 Å². The fourth-order valence-corrected chi connectivity index (χ4v) is 2.82. The molecule has 1 heterocycles. The second-order valence-corrected chi connectivity index (χ2v) is 6.26. The van der Waals surface area contributed by atoms with Crippen LogP contribution in [0.15, 0.2) is 54.6 Å². The van der Waals surface area contributed by atoms with Gasteiger partial charge in [0.1, 0.15) is 31.3 Å². The molecule has 0 aliphatic heterocycles. The van der Waals surface area contributed by atoms with Gasteiger partial charge in [0.15, 0.2) is 0 Å². The number of rotatable bonds is 8. The second-order valence-electron chi connectivity index (χ2n) is 6.26. The number of amides is 1. The minimum Gasteiger partial charge on any atom is -0.486 e. The number of hydrogen-bond donors (Lipinski definition) is 0. The molecular formula is C21H23N3O4. The normalized spacial score (nSPS) is 10.6. The molecule has 2 aromatic carbocycles. The summed E-state index contributed by atoms with van der Waals surface area (Å²) in [7, 11) is 1.58. The molecule has 0 unspecified atom stereocenters. The molecule has 0 radical (unpaired) electrons. The van der Waals surface area contributed by atoms with Gasteiger partial charge >= 0.3 is 5.97 Å². The van der Waals surface area contributed by atoms with Gasteiger partial charge in [0, 0.05) is 7.05 Å². The molecule has 7 nitrogen and oxygen atoms in total. The quantitative estimate of drug-likeness (QED) is 0.561. The highest BCUT2D eigenvalue weighted by molar-refractivity contribution is 5.84. The molecule has 0 aliphatic rings. The summed E-state index contributed by atoms with van der Waals surface area (Å²) in [5, 5.41) is 0. The summed E-state index contributed by atoms with van der Waals surface area (Å²) < 4.78 is 12.5. The van der Waals surface area contributed by atoms with Gasteiger partial charge in [-0.1, -0.05) is 30.3 Å². The van der Waals surface area contributed by atoms with Crippen LogP contribution >= 0.6 is 0 Å². The molecule has 0 N–H and O–H groups in total. The average Bonchev–Trinajstić information content (AvgIpc) is 3.05. The molecule has 0 atom stereocenters. The van der Waals surface area contributed by atoms with E-state index < -0.39 is 5.97 Å². The van der Waals surface area contributed by atoms with Gasteiger partial charge in [-0.2, -0.15) is 0 Å². The lowest BCUT2D eigenvalue weighted by Crippen LogP contribution is -2.35. The Bertz CT molecular complexity index is 953. The Morgan fingerprint density at radius 2 is 1.79 bits per heavy atom. The predicted molar refractivity (Wildman–Crippen MR) is 105 cm³/mol. The summed E-state index contributed by atoms with van der Waals surface area (Å²) in [6, 6.07) is 17.0. The summed E-state index contributed by atoms with van der Waals surface area (Å²) in [5.41, 5.74) is 1.63. The van der Waals surface area contributed by atoms with Crippen molar-refractivity contribution in [3.63, 3.8) is 0 Å². The molecule has 0 bridgehead atoms. The van der Waals surface area contributed by atoms with E-state index >= 15 is 0 Å². The summed E-state index contributed by atoms with van der Waals surface area (Å²) in [4.78, 5) is 30.3. The molecule has 146 valence electrons. The zero-order chi connectivity index (χ0) is 19.9. The lowest BCUT2D eigenvalue weighted by molar-refractivity contribution is -0.148. The largest absolute Gasteiger partial charge is 0.486 e. The number of para-hydroxylation sites is 3. The van der Waals surface area contributed by atoms with E-state index in [2.05, 4.69) is 4.98 Å². The second kappa shape index (κ2) is 9.03. The third-order valence-corrected chi connectivity index (χ3v) is 4.24. The van der Waals surface area contributed by atoms with E-state index in [1.165, 1.54) is 4.90 Å². The van der Waals surface area contributed by atoms with Crippen molar-refractivity contribution in [3.8, 4) is 5.75 Å². The van der Waals surface area contributed by atoms with Crippen molar-refractivity contribution < 1.29 is 19.1 Å². The minimum absolute atomic E-state index is 0.0594. The first-order valence-corrected chi connectivity index (χ1v) is 9.10. The van der Waals surface area contributed by atoms with Crippen LogP contribution in [0.1, 0.15) is 12.7 Å². The Morgan fingerprint density at radius 1 is 1.07 bits per heavy atom. The molecule has 0 saturated carbocycles. The Labute approximate surface area is 163 Å². The number of aromatic nitrogens is 2. The number of benzene rings is 2. The number of ether oxygens (including phenoxy) is 2. The Kier molecular flexibility index (Phi) is 6.26. The van der Waals surface area contributed by atoms with Crippen LogP contribution in [-0.2, 0) is 27.5 Å². The maximum Gasteiger partial charge on any atom is 0.325 e. The number of carbonyl (C=O) groups excluding carboxylic acids is 2. The SMILES string of the molecule is CCOC(=O)CN(C)C(=O)Cn1c(COc2ccccc2)nc2ccccc21. The Hall–Kier alpha value is -3.35. The first kappa shape index (κ1) is 19.4. The van der Waals surface area contributed by atoms with Crippen LogP contribution in [0, 0.1) is 0 Å². The van der Waals surface area contributed by atoms with Crippen molar-refractivity contribution in [1.29, 1.82) is 0 Å². The Morgan fingerprint density at radius 3 is 2.54 bits per heavy atom. The monoisotopic (exact) mass is 381 g/mol. The fraction of sp³-hybridized carbons (Fsp3) is 0.286. The van der Waals surface area contributed by atoms with Gasteiger partial charge in [-0.3, -0.25) is 9.59 Å². The average molecular weight is 381 g/mol. The van der Waals surface area contributed by atoms with Gasteiger partial charge in [0.2, 0.25) is 5.91 Å². The molecule has 1 aromatic heterocycles. The van der Waals surface area contributed by atoms with Gasteiger partial charge in [0.25, 0.3) is 0 Å². The molecule has 3 rings (SSSR count). The molecular weight excluding hydrogens is 358 g/mol. The summed E-state index contributed by atoms with van der Waals surface area (Å²) in [5.74, 6) is 0.730. The van der Waals surface area contributed by atoms with E-state index in [0.29, 0.717) is 5.82 Å². The standard InChI is InChI=1S/C21H23N3O4/c1-3-27-21(26)14-23(2)20(25)13-24-18-12-8-7-11-17(18)22-19(24)15-28-16-9-5-4-6-10-16/h4-12H,3,13-15H2,1-2H3. The van der Waals surface area contributed by atoms with Crippen LogP contribution in [0.25, 0.3) is 11.0 Å². The lowest BCUT2D eigenvalue weighted by atomic mass is 10.3. The smallest absolute Gasteiger partial charge is 0.325 e. The summed E-state index contributed by atoms with van der Waals surface area (Å²) >= 11 is 0. The fourth-order valence-electron chi connectivity index (χ4n) is 2.82. The number of nitrogens with zero attached hydrogens (tertiary/aromatic N) is 3. The topological polar surface area (TPSA) is 73.7 Å². The van der Waals surface area contributed by atoms with E-state index in [1.54, 1.807) is 14.0 Å². The zero-order valence-corrected chi connectivity index (χ0v) is 16.0. The van der Waals surface area contributed by atoms with Crippen LogP contribution in [0.5, 0.6) is 5.75 Å². The van der Waals surface area contributed by atoms with E-state index in [0.717, 1.165) is 16.8 Å². The predicted octanol–water partition coefficient (Wildman–Crippen LogP) is 2.64. The maximum atomic E-state index is 12.6. The van der Waals surface area contributed by atoms with E-state index in [-0.39, 0.29) is 32.2 Å². The van der Waals surface area contributed by atoms with Crippen LogP contribution in [0.2, 0.25) is 0 Å². The van der Waals surface area contributed by atoms with Crippen molar-refractivity contribution in [2.24, 2.45) is 0 Å². The molecule has 1 amide bonds. The van der Waals surface area contributed by atoms with Crippen LogP contribution in [-0.4, -0.2) is 46.5 Å². The van der Waals surface area contributed by atoms with Crippen molar-refractivity contribution >= 4 is 22.9 Å². The number of likely N-dealkylation sites (N-methyl/N-ethyl adjacent to an activating group) is 1. The van der Waals surface area contributed by atoms with Crippen LogP contribution < -0.4 is 4.74 Å². The van der Waals surface area contributed by atoms with E-state index in [4.69, 9.17) is 9.47 Å². The molecule has 3 aromatic rings. The summed E-state index contributed by atoms with van der Waals surface area (Å²) in [6.45, 7) is 2.22. The van der Waals surface area contributed by atoms with Gasteiger partial charge in [-0.25, -0.2) is 4.98 Å². The number of hydrogen-bond acceptors (Lipinski definition) is 5. The molecule has 28 heavy (non-hydrogen) atoms. The van der Waals surface area contributed by atoms with Gasteiger partial charge in [0.05, 0.1) is 17.6 Å². The van der Waals surface area contributed by atoms with Gasteiger partial charge in [-0.15, -0.1) is 0 Å². The van der Waals surface area contributed by atoms with Crippen LogP contribution in [0.4, 0.5) is 0 Å². The third kappa shape index (κ3) is 4.68. The maximum absolute atomic E-state index is 12.6. The Balaban J connectivity index is 1.78. The molecule has 0 spiro atoms. The third-order valence-electron chi connectivity index (χ3n) is 4.24. The van der Waals surface area contributed by atoms with Crippen molar-refractivity contribution in [2.45, 2.75) is 20.1 Å². The van der Waals surface area contributed by atoms with Crippen LogP contribution in [0.3, 0.4) is 0 Å². The highest BCUT2D eigenvalue weighted by Gasteiger charge is 2.18. The highest BCUT2D eigenvalue weighted by Crippen LogP contribution is 2.18. The molecule has 7 heteroatoms. The lowest BCUT2D eigenvalue weighted by Gasteiger charge is -2.17. The van der Waals surface area contributed by atoms with Crippen molar-refractivity contribution in [3.05, 3.63) is 60.4 Å². The van der Waals surface area contributed by atoms with Crippen molar-refractivity contribution in [1.82, 2.24) is 14.5 Å². The molecule has 0 aliphatic carbocycles. The van der Waals surface area contributed by atoms with Crippen molar-refractivity contribution in [2.75, 3.05) is 20.2 Å². The zero-order valence-electron chi connectivity index (χ0n) is 16.0.